The van der Waals surface area contributed by atoms with Gasteiger partial charge in [0, 0.05) is 24.3 Å². The summed E-state index contributed by atoms with van der Waals surface area (Å²) in [5, 5.41) is 11.5. The lowest BCUT2D eigenvalue weighted by molar-refractivity contribution is -0.138. The molecule has 0 rings (SSSR count). The minimum absolute atomic E-state index is 0.0651. The molecule has 0 aliphatic carbocycles. The van der Waals surface area contributed by atoms with Crippen molar-refractivity contribution in [1.82, 2.24) is 5.32 Å². The molecule has 21 heavy (non-hydrogen) atoms. The lowest BCUT2D eigenvalue weighted by Gasteiger charge is -2.20. The van der Waals surface area contributed by atoms with Crippen LogP contribution in [0.4, 0.5) is 0 Å². The fourth-order valence-corrected chi connectivity index (χ4v) is 1.07. The Morgan fingerprint density at radius 2 is 1.90 bits per heavy atom. The molecule has 124 valence electrons. The number of aliphatic hydroxyl groups is 1. The van der Waals surface area contributed by atoms with Gasteiger partial charge < -0.3 is 19.9 Å². The standard InChI is InChI=1S/C10H19NO2.C6H12O2/c1-8(2)9(12)13-7-6-11-10(3,4)5;1-2-8-6-4-3-5-7/h11H,1,6-7H2,2-5H3;2,7H,1,3-6H2. The molecule has 0 saturated heterocycles. The number of hydrogen-bond acceptors (Lipinski definition) is 5. The van der Waals surface area contributed by atoms with Crippen molar-refractivity contribution in [3.63, 3.8) is 0 Å². The second-order valence-electron chi connectivity index (χ2n) is 5.56. The van der Waals surface area contributed by atoms with Gasteiger partial charge in [-0.3, -0.25) is 0 Å². The summed E-state index contributed by atoms with van der Waals surface area (Å²) < 4.78 is 9.69. The maximum atomic E-state index is 10.9. The van der Waals surface area contributed by atoms with E-state index in [9.17, 15) is 4.79 Å². The Bertz CT molecular complexity index is 295. The summed E-state index contributed by atoms with van der Waals surface area (Å²) in [5.41, 5.74) is 0.506. The minimum Gasteiger partial charge on any atom is -0.502 e. The van der Waals surface area contributed by atoms with E-state index < -0.39 is 0 Å². The van der Waals surface area contributed by atoms with Gasteiger partial charge in [0.2, 0.25) is 0 Å². The van der Waals surface area contributed by atoms with E-state index in [2.05, 4.69) is 39.2 Å². The summed E-state index contributed by atoms with van der Waals surface area (Å²) in [7, 11) is 0. The van der Waals surface area contributed by atoms with Crippen molar-refractivity contribution in [2.75, 3.05) is 26.4 Å². The highest BCUT2D eigenvalue weighted by Gasteiger charge is 2.08. The van der Waals surface area contributed by atoms with Crippen LogP contribution in [0.25, 0.3) is 0 Å². The number of carbonyl (C=O) groups excluding carboxylic acids is 1. The summed E-state index contributed by atoms with van der Waals surface area (Å²) in [6.07, 6.45) is 3.13. The van der Waals surface area contributed by atoms with Gasteiger partial charge in [-0.15, -0.1) is 0 Å². The average molecular weight is 301 g/mol. The van der Waals surface area contributed by atoms with Crippen molar-refractivity contribution >= 4 is 5.97 Å². The zero-order valence-corrected chi connectivity index (χ0v) is 13.9. The van der Waals surface area contributed by atoms with E-state index >= 15 is 0 Å². The smallest absolute Gasteiger partial charge is 0.333 e. The number of nitrogens with one attached hydrogen (secondary N) is 1. The third kappa shape index (κ3) is 21.1. The molecular formula is C16H31NO4. The van der Waals surface area contributed by atoms with Crippen LogP contribution in [0.3, 0.4) is 0 Å². The normalized spacial score (nSPS) is 10.1. The maximum Gasteiger partial charge on any atom is 0.333 e. The molecule has 0 bridgehead atoms. The van der Waals surface area contributed by atoms with Crippen molar-refractivity contribution in [3.05, 3.63) is 25.0 Å². The van der Waals surface area contributed by atoms with Gasteiger partial charge in [-0.25, -0.2) is 4.79 Å². The Morgan fingerprint density at radius 3 is 2.33 bits per heavy atom. The highest BCUT2D eigenvalue weighted by molar-refractivity contribution is 5.86. The molecule has 0 atom stereocenters. The van der Waals surface area contributed by atoms with Crippen LogP contribution < -0.4 is 5.32 Å². The molecule has 0 spiro atoms. The number of esters is 1. The fraction of sp³-hybridized carbons (Fsp3) is 0.688. The summed E-state index contributed by atoms with van der Waals surface area (Å²) >= 11 is 0. The first-order valence-electron chi connectivity index (χ1n) is 7.15. The maximum absolute atomic E-state index is 10.9. The van der Waals surface area contributed by atoms with Crippen LogP contribution in [0.5, 0.6) is 0 Å². The van der Waals surface area contributed by atoms with Gasteiger partial charge in [0.1, 0.15) is 6.61 Å². The van der Waals surface area contributed by atoms with Crippen molar-refractivity contribution in [3.8, 4) is 0 Å². The van der Waals surface area contributed by atoms with E-state index in [4.69, 9.17) is 14.6 Å². The van der Waals surface area contributed by atoms with E-state index in [-0.39, 0.29) is 18.1 Å². The lowest BCUT2D eigenvalue weighted by atomic mass is 10.1. The fourth-order valence-electron chi connectivity index (χ4n) is 1.07. The molecule has 0 radical (unpaired) electrons. The molecule has 0 heterocycles. The lowest BCUT2D eigenvalue weighted by Crippen LogP contribution is -2.38. The SMILES string of the molecule is C=C(C)C(=O)OCCNC(C)(C)C.C=COCCCCO. The summed E-state index contributed by atoms with van der Waals surface area (Å²) in [6.45, 7) is 16.7. The van der Waals surface area contributed by atoms with Crippen molar-refractivity contribution in [1.29, 1.82) is 0 Å². The number of aliphatic hydroxyl groups excluding tert-OH is 1. The monoisotopic (exact) mass is 301 g/mol. The van der Waals surface area contributed by atoms with Crippen LogP contribution >= 0.6 is 0 Å². The second-order valence-corrected chi connectivity index (χ2v) is 5.56. The molecule has 0 unspecified atom stereocenters. The number of ether oxygens (including phenoxy) is 2. The van der Waals surface area contributed by atoms with E-state index in [1.54, 1.807) is 6.92 Å². The summed E-state index contributed by atoms with van der Waals surface area (Å²) in [5.74, 6) is -0.323. The van der Waals surface area contributed by atoms with Crippen LogP contribution in [0.2, 0.25) is 0 Å². The van der Waals surface area contributed by atoms with Crippen LogP contribution in [0.15, 0.2) is 25.0 Å². The van der Waals surface area contributed by atoms with Crippen LogP contribution in [-0.4, -0.2) is 43.0 Å². The Morgan fingerprint density at radius 1 is 1.29 bits per heavy atom. The van der Waals surface area contributed by atoms with E-state index in [0.29, 0.717) is 25.3 Å². The van der Waals surface area contributed by atoms with E-state index in [1.807, 2.05) is 0 Å². The Labute approximate surface area is 129 Å². The third-order valence-electron chi connectivity index (χ3n) is 2.13. The highest BCUT2D eigenvalue weighted by atomic mass is 16.5. The number of unbranched alkanes of at least 4 members (excludes halogenated alkanes) is 1. The summed E-state index contributed by atoms with van der Waals surface area (Å²) in [4.78, 5) is 10.9. The van der Waals surface area contributed by atoms with Gasteiger partial charge in [0.15, 0.2) is 0 Å². The van der Waals surface area contributed by atoms with E-state index in [0.717, 1.165) is 12.8 Å². The second kappa shape index (κ2) is 13.6. The topological polar surface area (TPSA) is 67.8 Å². The largest absolute Gasteiger partial charge is 0.502 e. The minimum atomic E-state index is -0.323. The Hall–Kier alpha value is -1.33. The van der Waals surface area contributed by atoms with Crippen molar-refractivity contribution in [2.45, 2.75) is 46.1 Å². The molecule has 0 aromatic heterocycles. The molecule has 0 aromatic rings. The molecule has 5 heteroatoms. The van der Waals surface area contributed by atoms with Crippen LogP contribution in [-0.2, 0) is 14.3 Å². The van der Waals surface area contributed by atoms with Crippen LogP contribution in [0, 0.1) is 0 Å². The molecule has 0 fully saturated rings. The molecule has 0 aliphatic rings. The Kier molecular flexibility index (Phi) is 14.3. The predicted molar refractivity (Wildman–Crippen MR) is 86.0 cm³/mol. The van der Waals surface area contributed by atoms with E-state index in [1.165, 1.54) is 6.26 Å². The van der Waals surface area contributed by atoms with Gasteiger partial charge in [0.05, 0.1) is 12.9 Å². The first-order valence-corrected chi connectivity index (χ1v) is 7.15. The molecule has 0 aliphatic heterocycles. The first-order chi connectivity index (χ1) is 9.74. The zero-order valence-electron chi connectivity index (χ0n) is 13.9. The predicted octanol–water partition coefficient (Wildman–Crippen LogP) is 2.41. The molecule has 0 saturated carbocycles. The number of carbonyl (C=O) groups is 1. The highest BCUT2D eigenvalue weighted by Crippen LogP contribution is 1.97. The van der Waals surface area contributed by atoms with Gasteiger partial charge in [-0.1, -0.05) is 13.2 Å². The first kappa shape index (κ1) is 22.0. The molecule has 2 N–H and O–H groups in total. The molecule has 0 aromatic carbocycles. The summed E-state index contributed by atoms with van der Waals surface area (Å²) in [6, 6.07) is 0. The Balaban J connectivity index is 0. The number of rotatable bonds is 9. The van der Waals surface area contributed by atoms with Gasteiger partial charge in [0.25, 0.3) is 0 Å². The third-order valence-corrected chi connectivity index (χ3v) is 2.13. The average Bonchev–Trinajstić information content (AvgIpc) is 2.39. The van der Waals surface area contributed by atoms with Crippen molar-refractivity contribution in [2.24, 2.45) is 0 Å². The quantitative estimate of drug-likeness (QED) is 0.296. The van der Waals surface area contributed by atoms with Crippen LogP contribution in [0.1, 0.15) is 40.5 Å². The van der Waals surface area contributed by atoms with Gasteiger partial charge in [-0.05, 0) is 40.5 Å². The van der Waals surface area contributed by atoms with Crippen molar-refractivity contribution < 1.29 is 19.4 Å². The van der Waals surface area contributed by atoms with Gasteiger partial charge >= 0.3 is 5.97 Å². The number of hydrogen-bond donors (Lipinski definition) is 2. The molecule has 5 nitrogen and oxygen atoms in total. The molecular weight excluding hydrogens is 270 g/mol. The zero-order chi connectivity index (χ0) is 16.7. The van der Waals surface area contributed by atoms with Gasteiger partial charge in [-0.2, -0.15) is 0 Å². The molecule has 0 amide bonds.